The summed E-state index contributed by atoms with van der Waals surface area (Å²) in [5, 5.41) is 0. The molecule has 2 aliphatic heterocycles. The molecule has 3 heterocycles. The van der Waals surface area contributed by atoms with Gasteiger partial charge in [-0.15, -0.1) is 0 Å². The van der Waals surface area contributed by atoms with Crippen molar-refractivity contribution in [2.75, 3.05) is 19.6 Å². The van der Waals surface area contributed by atoms with Crippen molar-refractivity contribution in [3.8, 4) is 0 Å². The van der Waals surface area contributed by atoms with Crippen LogP contribution < -0.4 is 0 Å². The highest BCUT2D eigenvalue weighted by Gasteiger charge is 2.41. The Bertz CT molecular complexity index is 932. The summed E-state index contributed by atoms with van der Waals surface area (Å²) >= 11 is 0. The van der Waals surface area contributed by atoms with Crippen molar-refractivity contribution in [3.05, 3.63) is 30.1 Å². The van der Waals surface area contributed by atoms with E-state index < -0.39 is 0 Å². The number of amides is 2. The molecule has 2 aliphatic rings. The number of carbonyl (C=O) groups excluding carboxylic acids is 2. The molecule has 1 aromatic heterocycles. The maximum atomic E-state index is 13.5. The van der Waals surface area contributed by atoms with E-state index in [0.29, 0.717) is 24.8 Å². The summed E-state index contributed by atoms with van der Waals surface area (Å²) in [7, 11) is 0. The number of rotatable bonds is 6. The van der Waals surface area contributed by atoms with Gasteiger partial charge in [0.2, 0.25) is 11.8 Å². The van der Waals surface area contributed by atoms with Gasteiger partial charge in [0.05, 0.1) is 23.0 Å². The maximum absolute atomic E-state index is 13.5. The van der Waals surface area contributed by atoms with Crippen LogP contribution in [0.15, 0.2) is 24.3 Å². The van der Waals surface area contributed by atoms with Crippen LogP contribution in [0.5, 0.6) is 0 Å². The molecule has 4 rings (SSSR count). The van der Waals surface area contributed by atoms with Crippen LogP contribution in [-0.4, -0.2) is 50.8 Å². The van der Waals surface area contributed by atoms with Crippen molar-refractivity contribution >= 4 is 22.8 Å². The van der Waals surface area contributed by atoms with Crippen LogP contribution >= 0.6 is 0 Å². The lowest BCUT2D eigenvalue weighted by molar-refractivity contribution is -0.137. The average molecular weight is 411 g/mol. The molecule has 0 saturated carbocycles. The summed E-state index contributed by atoms with van der Waals surface area (Å²) in [6.07, 6.45) is 2.26. The second-order valence-corrected chi connectivity index (χ2v) is 9.75. The van der Waals surface area contributed by atoms with Crippen molar-refractivity contribution in [1.29, 1.82) is 0 Å². The third-order valence-electron chi connectivity index (χ3n) is 6.21. The van der Waals surface area contributed by atoms with Crippen molar-refractivity contribution < 1.29 is 9.59 Å². The van der Waals surface area contributed by atoms with Crippen molar-refractivity contribution in [3.63, 3.8) is 0 Å². The zero-order valence-corrected chi connectivity index (χ0v) is 18.7. The van der Waals surface area contributed by atoms with E-state index >= 15 is 0 Å². The minimum absolute atomic E-state index is 0.00194. The number of likely N-dealkylation sites (tertiary alicyclic amines) is 2. The number of para-hydroxylation sites is 2. The van der Waals surface area contributed by atoms with Crippen molar-refractivity contribution in [2.24, 2.45) is 17.8 Å². The third kappa shape index (κ3) is 3.96. The molecule has 2 unspecified atom stereocenters. The molecule has 2 amide bonds. The van der Waals surface area contributed by atoms with Gasteiger partial charge in [-0.25, -0.2) is 4.98 Å². The number of carbonyl (C=O) groups is 2. The van der Waals surface area contributed by atoms with E-state index in [1.165, 1.54) is 0 Å². The van der Waals surface area contributed by atoms with Crippen molar-refractivity contribution in [1.82, 2.24) is 19.4 Å². The summed E-state index contributed by atoms with van der Waals surface area (Å²) in [5.74, 6) is 1.92. The topological polar surface area (TPSA) is 58.4 Å². The van der Waals surface area contributed by atoms with E-state index in [1.54, 1.807) is 0 Å². The van der Waals surface area contributed by atoms with Gasteiger partial charge in [-0.2, -0.15) is 0 Å². The molecule has 0 aliphatic carbocycles. The molecule has 2 fully saturated rings. The number of benzene rings is 1. The SMILES string of the molecule is CC(C)CN1CC(C(=O)N2CCCC2c2nc3ccccc3n2CC(C)C)CC1=O. The monoisotopic (exact) mass is 410 g/mol. The summed E-state index contributed by atoms with van der Waals surface area (Å²) in [5.41, 5.74) is 2.13. The molecule has 2 atom stereocenters. The first-order chi connectivity index (χ1) is 14.3. The molecule has 0 spiro atoms. The Labute approximate surface area is 179 Å². The van der Waals surface area contributed by atoms with Crippen molar-refractivity contribution in [2.45, 2.75) is 59.5 Å². The molecule has 6 nitrogen and oxygen atoms in total. The normalized spacial score (nSPS) is 22.3. The highest BCUT2D eigenvalue weighted by molar-refractivity contribution is 5.89. The number of hydrogen-bond acceptors (Lipinski definition) is 3. The van der Waals surface area contributed by atoms with Gasteiger partial charge in [-0.3, -0.25) is 9.59 Å². The second kappa shape index (κ2) is 8.40. The van der Waals surface area contributed by atoms with Gasteiger partial charge in [-0.1, -0.05) is 39.8 Å². The summed E-state index contributed by atoms with van der Waals surface area (Å²) in [4.78, 5) is 34.7. The number of nitrogens with zero attached hydrogens (tertiary/aromatic N) is 4. The molecule has 0 radical (unpaired) electrons. The fraction of sp³-hybridized carbons (Fsp3) is 0.625. The average Bonchev–Trinajstić information content (AvgIpc) is 3.39. The lowest BCUT2D eigenvalue weighted by Crippen LogP contribution is -2.38. The predicted molar refractivity (Wildman–Crippen MR) is 118 cm³/mol. The fourth-order valence-electron chi connectivity index (χ4n) is 4.99. The lowest BCUT2D eigenvalue weighted by atomic mass is 10.1. The minimum atomic E-state index is -0.222. The van der Waals surface area contributed by atoms with E-state index in [1.807, 2.05) is 15.9 Å². The predicted octanol–water partition coefficient (Wildman–Crippen LogP) is 3.86. The molecule has 2 aromatic rings. The van der Waals surface area contributed by atoms with Crippen LogP contribution in [0.25, 0.3) is 11.0 Å². The highest BCUT2D eigenvalue weighted by atomic mass is 16.2. The van der Waals surface area contributed by atoms with Crippen LogP contribution in [0.1, 0.15) is 58.8 Å². The molecule has 30 heavy (non-hydrogen) atoms. The zero-order chi connectivity index (χ0) is 21.4. The van der Waals surface area contributed by atoms with Crippen LogP contribution in [0.2, 0.25) is 0 Å². The van der Waals surface area contributed by atoms with Gasteiger partial charge < -0.3 is 14.4 Å². The third-order valence-corrected chi connectivity index (χ3v) is 6.21. The Morgan fingerprint density at radius 2 is 1.87 bits per heavy atom. The first kappa shape index (κ1) is 20.9. The molecule has 6 heteroatoms. The van der Waals surface area contributed by atoms with E-state index in [-0.39, 0.29) is 23.8 Å². The minimum Gasteiger partial charge on any atom is -0.342 e. The van der Waals surface area contributed by atoms with E-state index in [4.69, 9.17) is 4.98 Å². The molecule has 0 N–H and O–H groups in total. The molecular weight excluding hydrogens is 376 g/mol. The van der Waals surface area contributed by atoms with Crippen LogP contribution in [0, 0.1) is 17.8 Å². The van der Waals surface area contributed by atoms with Gasteiger partial charge in [0, 0.05) is 32.6 Å². The Hall–Kier alpha value is -2.37. The Balaban J connectivity index is 1.60. The number of hydrogen-bond donors (Lipinski definition) is 0. The Kier molecular flexibility index (Phi) is 5.85. The van der Waals surface area contributed by atoms with E-state index in [9.17, 15) is 9.59 Å². The summed E-state index contributed by atoms with van der Waals surface area (Å²) in [6.45, 7) is 11.6. The Morgan fingerprint density at radius 1 is 1.13 bits per heavy atom. The van der Waals surface area contributed by atoms with Gasteiger partial charge in [0.25, 0.3) is 0 Å². The van der Waals surface area contributed by atoms with E-state index in [2.05, 4.69) is 50.5 Å². The molecule has 2 saturated heterocycles. The second-order valence-electron chi connectivity index (χ2n) is 9.75. The molecular formula is C24H34N4O2. The summed E-state index contributed by atoms with van der Waals surface area (Å²) in [6, 6.07) is 8.24. The summed E-state index contributed by atoms with van der Waals surface area (Å²) < 4.78 is 2.31. The first-order valence-electron chi connectivity index (χ1n) is 11.4. The fourth-order valence-corrected chi connectivity index (χ4v) is 4.99. The smallest absolute Gasteiger partial charge is 0.228 e. The first-order valence-corrected chi connectivity index (χ1v) is 11.4. The quantitative estimate of drug-likeness (QED) is 0.727. The van der Waals surface area contributed by atoms with Gasteiger partial charge in [-0.05, 0) is 36.8 Å². The number of aromatic nitrogens is 2. The zero-order valence-electron chi connectivity index (χ0n) is 18.7. The highest BCUT2D eigenvalue weighted by Crippen LogP contribution is 2.36. The standard InChI is InChI=1S/C24H34N4O2/c1-16(2)13-26-15-18(12-22(26)29)24(30)27-11-7-10-21(27)23-25-19-8-5-6-9-20(19)28(23)14-17(3)4/h5-6,8-9,16-18,21H,7,10-15H2,1-4H3. The largest absolute Gasteiger partial charge is 0.342 e. The number of fused-ring (bicyclic) bond motifs is 1. The number of imidazole rings is 1. The molecule has 1 aromatic carbocycles. The van der Waals surface area contributed by atoms with Gasteiger partial charge in [0.15, 0.2) is 0 Å². The molecule has 0 bridgehead atoms. The van der Waals surface area contributed by atoms with E-state index in [0.717, 1.165) is 49.3 Å². The van der Waals surface area contributed by atoms with Crippen LogP contribution in [-0.2, 0) is 16.1 Å². The maximum Gasteiger partial charge on any atom is 0.228 e. The van der Waals surface area contributed by atoms with Crippen LogP contribution in [0.3, 0.4) is 0 Å². The van der Waals surface area contributed by atoms with Crippen LogP contribution in [0.4, 0.5) is 0 Å². The molecule has 162 valence electrons. The Morgan fingerprint density at radius 3 is 2.60 bits per heavy atom. The van der Waals surface area contributed by atoms with Gasteiger partial charge in [0.1, 0.15) is 5.82 Å². The lowest BCUT2D eigenvalue weighted by Gasteiger charge is -2.28. The van der Waals surface area contributed by atoms with Gasteiger partial charge >= 0.3 is 0 Å².